The molecule has 0 spiro atoms. The maximum Gasteiger partial charge on any atom is 0.309 e. The predicted molar refractivity (Wildman–Crippen MR) is 49.0 cm³/mol. The minimum atomic E-state index is -0.899. The second kappa shape index (κ2) is 3.79. The summed E-state index contributed by atoms with van der Waals surface area (Å²) < 4.78 is 1.62. The van der Waals surface area contributed by atoms with Crippen LogP contribution in [0.25, 0.3) is 0 Å². The fourth-order valence-corrected chi connectivity index (χ4v) is 1.32. The van der Waals surface area contributed by atoms with Gasteiger partial charge in [-0.25, -0.2) is 0 Å². The van der Waals surface area contributed by atoms with Crippen molar-refractivity contribution in [3.05, 3.63) is 16.9 Å². The first kappa shape index (κ1) is 10.1. The van der Waals surface area contributed by atoms with E-state index in [-0.39, 0.29) is 12.5 Å². The molecule has 0 bridgehead atoms. The molecule has 0 aliphatic carbocycles. The zero-order valence-corrected chi connectivity index (χ0v) is 8.25. The van der Waals surface area contributed by atoms with Crippen LogP contribution in [0.15, 0.2) is 6.20 Å². The van der Waals surface area contributed by atoms with Gasteiger partial charge in [0.25, 0.3) is 0 Å². The summed E-state index contributed by atoms with van der Waals surface area (Å²) in [4.78, 5) is 10.5. The van der Waals surface area contributed by atoms with Gasteiger partial charge in [-0.05, 0) is 13.8 Å². The van der Waals surface area contributed by atoms with Crippen LogP contribution in [0, 0.1) is 0 Å². The minimum Gasteiger partial charge on any atom is -0.481 e. The summed E-state index contributed by atoms with van der Waals surface area (Å²) in [5.74, 6) is -0.899. The van der Waals surface area contributed by atoms with Crippen LogP contribution in [0.1, 0.15) is 25.6 Å². The van der Waals surface area contributed by atoms with Crippen LogP contribution in [0.4, 0.5) is 0 Å². The highest BCUT2D eigenvalue weighted by molar-refractivity contribution is 6.31. The SMILES string of the molecule is CC(C)n1ncc(Cl)c1CC(=O)O. The summed E-state index contributed by atoms with van der Waals surface area (Å²) in [5.41, 5.74) is 0.559. The number of carbonyl (C=O) groups is 1. The summed E-state index contributed by atoms with van der Waals surface area (Å²) in [6.45, 7) is 3.85. The van der Waals surface area contributed by atoms with Crippen molar-refractivity contribution in [1.82, 2.24) is 9.78 Å². The molecule has 0 aliphatic heterocycles. The molecule has 1 N–H and O–H groups in total. The lowest BCUT2D eigenvalue weighted by Crippen LogP contribution is -2.11. The van der Waals surface area contributed by atoms with E-state index in [2.05, 4.69) is 5.10 Å². The highest BCUT2D eigenvalue weighted by atomic mass is 35.5. The predicted octanol–water partition coefficient (Wildman–Crippen LogP) is 1.74. The maximum atomic E-state index is 10.5. The van der Waals surface area contributed by atoms with Crippen LogP contribution in [0.3, 0.4) is 0 Å². The average molecular weight is 203 g/mol. The normalized spacial score (nSPS) is 10.8. The van der Waals surface area contributed by atoms with Crippen LogP contribution in [-0.4, -0.2) is 20.9 Å². The Kier molecular flexibility index (Phi) is 2.93. The van der Waals surface area contributed by atoms with Crippen molar-refractivity contribution < 1.29 is 9.90 Å². The van der Waals surface area contributed by atoms with Crippen LogP contribution in [0.2, 0.25) is 5.02 Å². The number of carboxylic acid groups (broad SMARTS) is 1. The Labute approximate surface area is 81.1 Å². The van der Waals surface area contributed by atoms with Crippen molar-refractivity contribution in [1.29, 1.82) is 0 Å². The van der Waals surface area contributed by atoms with E-state index >= 15 is 0 Å². The summed E-state index contributed by atoms with van der Waals surface area (Å²) in [6.07, 6.45) is 1.39. The van der Waals surface area contributed by atoms with Crippen LogP contribution in [0.5, 0.6) is 0 Å². The molecule has 0 amide bonds. The highest BCUT2D eigenvalue weighted by Gasteiger charge is 2.14. The standard InChI is InChI=1S/C8H11ClN2O2/c1-5(2)11-7(3-8(12)13)6(9)4-10-11/h4-5H,3H2,1-2H3,(H,12,13). The Morgan fingerprint density at radius 3 is 2.85 bits per heavy atom. The molecular formula is C8H11ClN2O2. The Bertz CT molecular complexity index is 320. The number of carboxylic acids is 1. The average Bonchev–Trinajstić information content (AvgIpc) is 2.32. The zero-order valence-electron chi connectivity index (χ0n) is 7.49. The number of aliphatic carboxylic acids is 1. The molecule has 72 valence electrons. The van der Waals surface area contributed by atoms with Crippen LogP contribution < -0.4 is 0 Å². The molecule has 13 heavy (non-hydrogen) atoms. The van der Waals surface area contributed by atoms with E-state index in [0.717, 1.165) is 0 Å². The third-order valence-electron chi connectivity index (χ3n) is 1.66. The van der Waals surface area contributed by atoms with Gasteiger partial charge in [0.15, 0.2) is 0 Å². The molecule has 4 nitrogen and oxygen atoms in total. The van der Waals surface area contributed by atoms with E-state index in [0.29, 0.717) is 10.7 Å². The Balaban J connectivity index is 3.01. The van der Waals surface area contributed by atoms with Crippen molar-refractivity contribution in [3.63, 3.8) is 0 Å². The first-order chi connectivity index (χ1) is 6.02. The Morgan fingerprint density at radius 1 is 1.77 bits per heavy atom. The van der Waals surface area contributed by atoms with Gasteiger partial charge in [0.2, 0.25) is 0 Å². The maximum absolute atomic E-state index is 10.5. The van der Waals surface area contributed by atoms with E-state index in [1.165, 1.54) is 6.20 Å². The first-order valence-corrected chi connectivity index (χ1v) is 4.34. The first-order valence-electron chi connectivity index (χ1n) is 3.96. The molecule has 1 aromatic heterocycles. The van der Waals surface area contributed by atoms with Gasteiger partial charge in [0.1, 0.15) is 0 Å². The fourth-order valence-electron chi connectivity index (χ4n) is 1.12. The molecule has 1 aromatic rings. The van der Waals surface area contributed by atoms with E-state index in [1.807, 2.05) is 13.8 Å². The Hall–Kier alpha value is -1.03. The minimum absolute atomic E-state index is 0.0863. The third kappa shape index (κ3) is 2.21. The van der Waals surface area contributed by atoms with Gasteiger partial charge in [-0.1, -0.05) is 11.6 Å². The van der Waals surface area contributed by atoms with Gasteiger partial charge in [-0.3, -0.25) is 9.48 Å². The van der Waals surface area contributed by atoms with Gasteiger partial charge in [0, 0.05) is 6.04 Å². The molecular weight excluding hydrogens is 192 g/mol. The highest BCUT2D eigenvalue weighted by Crippen LogP contribution is 2.19. The summed E-state index contributed by atoms with van der Waals surface area (Å²) in [6, 6.07) is 0.127. The lowest BCUT2D eigenvalue weighted by Gasteiger charge is -2.09. The molecule has 0 atom stereocenters. The second-order valence-electron chi connectivity index (χ2n) is 3.05. The number of hydrogen-bond donors (Lipinski definition) is 1. The summed E-state index contributed by atoms with van der Waals surface area (Å²) >= 11 is 5.79. The number of hydrogen-bond acceptors (Lipinski definition) is 2. The topological polar surface area (TPSA) is 55.1 Å². The van der Waals surface area contributed by atoms with E-state index < -0.39 is 5.97 Å². The van der Waals surface area contributed by atoms with Crippen molar-refractivity contribution in [2.24, 2.45) is 0 Å². The molecule has 0 unspecified atom stereocenters. The molecule has 0 radical (unpaired) electrons. The lowest BCUT2D eigenvalue weighted by molar-refractivity contribution is -0.136. The fraction of sp³-hybridized carbons (Fsp3) is 0.500. The molecule has 5 heteroatoms. The quantitative estimate of drug-likeness (QED) is 0.813. The van der Waals surface area contributed by atoms with Crippen molar-refractivity contribution >= 4 is 17.6 Å². The van der Waals surface area contributed by atoms with Crippen molar-refractivity contribution in [2.75, 3.05) is 0 Å². The van der Waals surface area contributed by atoms with Gasteiger partial charge < -0.3 is 5.11 Å². The van der Waals surface area contributed by atoms with Crippen molar-refractivity contribution in [3.8, 4) is 0 Å². The van der Waals surface area contributed by atoms with Gasteiger partial charge >= 0.3 is 5.97 Å². The summed E-state index contributed by atoms with van der Waals surface area (Å²) in [5, 5.41) is 13.0. The molecule has 0 saturated heterocycles. The molecule has 0 saturated carbocycles. The summed E-state index contributed by atoms with van der Waals surface area (Å²) in [7, 11) is 0. The smallest absolute Gasteiger partial charge is 0.309 e. The third-order valence-corrected chi connectivity index (χ3v) is 1.97. The van der Waals surface area contributed by atoms with E-state index in [1.54, 1.807) is 4.68 Å². The molecule has 0 aliphatic rings. The van der Waals surface area contributed by atoms with Crippen molar-refractivity contribution in [2.45, 2.75) is 26.3 Å². The van der Waals surface area contributed by atoms with E-state index in [4.69, 9.17) is 16.7 Å². The van der Waals surface area contributed by atoms with Gasteiger partial charge in [0.05, 0.1) is 23.3 Å². The van der Waals surface area contributed by atoms with Gasteiger partial charge in [-0.2, -0.15) is 5.10 Å². The van der Waals surface area contributed by atoms with Crippen LogP contribution >= 0.6 is 11.6 Å². The number of aromatic nitrogens is 2. The molecule has 0 aromatic carbocycles. The lowest BCUT2D eigenvalue weighted by atomic mass is 10.3. The molecule has 1 rings (SSSR count). The largest absolute Gasteiger partial charge is 0.481 e. The second-order valence-corrected chi connectivity index (χ2v) is 3.46. The zero-order chi connectivity index (χ0) is 10.0. The number of rotatable bonds is 3. The number of halogens is 1. The monoisotopic (exact) mass is 202 g/mol. The Morgan fingerprint density at radius 2 is 2.38 bits per heavy atom. The van der Waals surface area contributed by atoms with Crippen LogP contribution in [-0.2, 0) is 11.2 Å². The van der Waals surface area contributed by atoms with Gasteiger partial charge in [-0.15, -0.1) is 0 Å². The van der Waals surface area contributed by atoms with E-state index in [9.17, 15) is 4.79 Å². The molecule has 1 heterocycles. The number of nitrogens with zero attached hydrogens (tertiary/aromatic N) is 2. The molecule has 0 fully saturated rings.